The van der Waals surface area contributed by atoms with Crippen molar-refractivity contribution in [2.75, 3.05) is 13.1 Å². The number of hydrogen-bond donors (Lipinski definition) is 2. The Morgan fingerprint density at radius 3 is 2.59 bits per heavy atom. The SMILES string of the molecule is C[C@@H]1C(=O)NCCN1C(=O)NC(c1ccc(OC2CC2)c(F)c1)c1ccc(F)c(C(F)(F)F)n1. The number of alkyl halides is 3. The fraction of sp³-hybridized carbons (Fsp3) is 0.409. The molecule has 2 aromatic rings. The third kappa shape index (κ3) is 5.05. The van der Waals surface area contributed by atoms with Crippen molar-refractivity contribution in [2.24, 2.45) is 0 Å². The largest absolute Gasteiger partial charge is 0.487 e. The highest BCUT2D eigenvalue weighted by Gasteiger charge is 2.38. The summed E-state index contributed by atoms with van der Waals surface area (Å²) in [7, 11) is 0. The number of pyridine rings is 1. The maximum atomic E-state index is 14.7. The Bertz CT molecular complexity index is 1110. The average molecular weight is 484 g/mol. The van der Waals surface area contributed by atoms with Gasteiger partial charge in [-0.05, 0) is 49.6 Å². The number of rotatable bonds is 5. The van der Waals surface area contributed by atoms with Gasteiger partial charge in [0, 0.05) is 13.1 Å². The van der Waals surface area contributed by atoms with Gasteiger partial charge in [0.25, 0.3) is 0 Å². The standard InChI is InChI=1S/C22H21F5N4O3/c1-11-20(32)28-8-9-31(11)21(33)30-18(16-6-5-14(23)19(29-16)22(25,26)27)12-2-7-17(15(24)10-12)34-13-3-4-13/h2,5-7,10-11,13,18H,3-4,8-9H2,1H3,(H,28,32)(H,30,33)/t11-,18?/m1/s1. The number of nitrogens with one attached hydrogen (secondary N) is 2. The van der Waals surface area contributed by atoms with E-state index in [1.807, 2.05) is 0 Å². The molecule has 1 unspecified atom stereocenters. The summed E-state index contributed by atoms with van der Waals surface area (Å²) in [5.41, 5.74) is -2.05. The Labute approximate surface area is 191 Å². The van der Waals surface area contributed by atoms with Crippen LogP contribution in [0.25, 0.3) is 0 Å². The van der Waals surface area contributed by atoms with E-state index in [0.29, 0.717) is 6.07 Å². The van der Waals surface area contributed by atoms with Crippen LogP contribution in [0.4, 0.5) is 26.7 Å². The predicted molar refractivity (Wildman–Crippen MR) is 109 cm³/mol. The summed E-state index contributed by atoms with van der Waals surface area (Å²) < 4.78 is 73.8. The van der Waals surface area contributed by atoms with Crippen LogP contribution in [-0.4, -0.2) is 47.1 Å². The van der Waals surface area contributed by atoms with Crippen molar-refractivity contribution in [3.05, 3.63) is 58.9 Å². The van der Waals surface area contributed by atoms with Crippen molar-refractivity contribution in [3.8, 4) is 5.75 Å². The number of piperazine rings is 1. The molecule has 1 aromatic heterocycles. The van der Waals surface area contributed by atoms with Crippen molar-refractivity contribution in [1.82, 2.24) is 20.5 Å². The van der Waals surface area contributed by atoms with Gasteiger partial charge in [0.2, 0.25) is 5.91 Å². The van der Waals surface area contributed by atoms with Crippen LogP contribution in [0.2, 0.25) is 0 Å². The summed E-state index contributed by atoms with van der Waals surface area (Å²) in [5, 5.41) is 5.11. The van der Waals surface area contributed by atoms with Crippen LogP contribution < -0.4 is 15.4 Å². The molecule has 1 saturated heterocycles. The number of aromatic nitrogens is 1. The quantitative estimate of drug-likeness (QED) is 0.636. The Balaban J connectivity index is 1.70. The normalized spacial score (nSPS) is 19.4. The second-order valence-electron chi connectivity index (χ2n) is 8.11. The smallest absolute Gasteiger partial charge is 0.436 e. The molecule has 0 spiro atoms. The zero-order valence-electron chi connectivity index (χ0n) is 18.0. The lowest BCUT2D eigenvalue weighted by molar-refractivity contribution is -0.143. The molecular formula is C22H21F5N4O3. The molecule has 1 aliphatic heterocycles. The van der Waals surface area contributed by atoms with Crippen molar-refractivity contribution in [3.63, 3.8) is 0 Å². The number of urea groups is 1. The van der Waals surface area contributed by atoms with E-state index in [1.165, 1.54) is 24.0 Å². The van der Waals surface area contributed by atoms with E-state index in [-0.39, 0.29) is 36.2 Å². The van der Waals surface area contributed by atoms with E-state index in [4.69, 9.17) is 4.74 Å². The number of benzene rings is 1. The Morgan fingerprint density at radius 2 is 1.94 bits per heavy atom. The van der Waals surface area contributed by atoms with Crippen molar-refractivity contribution >= 4 is 11.9 Å². The Morgan fingerprint density at radius 1 is 1.21 bits per heavy atom. The van der Waals surface area contributed by atoms with E-state index >= 15 is 0 Å². The molecule has 1 saturated carbocycles. The molecule has 2 atom stereocenters. The molecular weight excluding hydrogens is 463 g/mol. The number of ether oxygens (including phenoxy) is 1. The first-order valence-electron chi connectivity index (χ1n) is 10.6. The van der Waals surface area contributed by atoms with E-state index < -0.39 is 47.5 Å². The zero-order valence-corrected chi connectivity index (χ0v) is 18.0. The van der Waals surface area contributed by atoms with E-state index in [1.54, 1.807) is 0 Å². The minimum absolute atomic E-state index is 0.0271. The van der Waals surface area contributed by atoms with Crippen molar-refractivity contribution in [1.29, 1.82) is 0 Å². The number of hydrogen-bond acceptors (Lipinski definition) is 4. The van der Waals surface area contributed by atoms with Crippen LogP contribution in [0.1, 0.15) is 42.8 Å². The lowest BCUT2D eigenvalue weighted by Crippen LogP contribution is -2.58. The van der Waals surface area contributed by atoms with Gasteiger partial charge >= 0.3 is 12.2 Å². The molecule has 1 aromatic carbocycles. The number of halogens is 5. The van der Waals surface area contributed by atoms with Gasteiger partial charge in [-0.25, -0.2) is 18.6 Å². The van der Waals surface area contributed by atoms with E-state index in [9.17, 15) is 31.5 Å². The molecule has 34 heavy (non-hydrogen) atoms. The van der Waals surface area contributed by atoms with Crippen LogP contribution in [0.5, 0.6) is 5.75 Å². The molecule has 2 N–H and O–H groups in total. The summed E-state index contributed by atoms with van der Waals surface area (Å²) in [6, 6.07) is 2.31. The molecule has 4 rings (SSSR count). The third-order valence-corrected chi connectivity index (χ3v) is 5.57. The molecule has 1 aliphatic carbocycles. The lowest BCUT2D eigenvalue weighted by atomic mass is 10.0. The molecule has 3 amide bonds. The number of carbonyl (C=O) groups is 2. The fourth-order valence-electron chi connectivity index (χ4n) is 3.57. The highest BCUT2D eigenvalue weighted by molar-refractivity contribution is 5.88. The van der Waals surface area contributed by atoms with Gasteiger partial charge in [-0.2, -0.15) is 13.2 Å². The van der Waals surface area contributed by atoms with E-state index in [2.05, 4.69) is 15.6 Å². The molecule has 2 fully saturated rings. The van der Waals surface area contributed by atoms with Crippen molar-refractivity contribution < 1.29 is 36.3 Å². The third-order valence-electron chi connectivity index (χ3n) is 5.57. The van der Waals surface area contributed by atoms with Gasteiger partial charge < -0.3 is 20.3 Å². The average Bonchev–Trinajstić information content (AvgIpc) is 3.59. The van der Waals surface area contributed by atoms with Gasteiger partial charge in [0.15, 0.2) is 23.1 Å². The van der Waals surface area contributed by atoms with E-state index in [0.717, 1.165) is 25.0 Å². The van der Waals surface area contributed by atoms with Crippen LogP contribution in [0, 0.1) is 11.6 Å². The summed E-state index contributed by atoms with van der Waals surface area (Å²) in [4.78, 5) is 29.5. The summed E-state index contributed by atoms with van der Waals surface area (Å²) >= 11 is 0. The first kappa shape index (κ1) is 23.7. The van der Waals surface area contributed by atoms with Crippen LogP contribution in [-0.2, 0) is 11.0 Å². The highest BCUT2D eigenvalue weighted by Crippen LogP contribution is 2.34. The van der Waals surface area contributed by atoms with Gasteiger partial charge in [-0.15, -0.1) is 0 Å². The fourth-order valence-corrected chi connectivity index (χ4v) is 3.57. The van der Waals surface area contributed by atoms with Gasteiger partial charge in [0.05, 0.1) is 17.8 Å². The lowest BCUT2D eigenvalue weighted by Gasteiger charge is -2.34. The first-order valence-corrected chi connectivity index (χ1v) is 10.6. The zero-order chi connectivity index (χ0) is 24.6. The van der Waals surface area contributed by atoms with Crippen molar-refractivity contribution in [2.45, 2.75) is 44.1 Å². The maximum absolute atomic E-state index is 14.7. The first-order chi connectivity index (χ1) is 16.0. The Hall–Kier alpha value is -3.44. The highest BCUT2D eigenvalue weighted by atomic mass is 19.4. The van der Waals surface area contributed by atoms with Gasteiger partial charge in [-0.1, -0.05) is 6.07 Å². The molecule has 2 aliphatic rings. The van der Waals surface area contributed by atoms with Gasteiger partial charge in [-0.3, -0.25) is 4.79 Å². The minimum atomic E-state index is -5.08. The molecule has 2 heterocycles. The van der Waals surface area contributed by atoms with Crippen LogP contribution in [0.3, 0.4) is 0 Å². The molecule has 7 nitrogen and oxygen atoms in total. The summed E-state index contributed by atoms with van der Waals surface area (Å²) in [6.07, 6.45) is -3.58. The maximum Gasteiger partial charge on any atom is 0.436 e. The number of nitrogens with zero attached hydrogens (tertiary/aromatic N) is 2. The summed E-state index contributed by atoms with van der Waals surface area (Å²) in [6.45, 7) is 1.83. The molecule has 0 radical (unpaired) electrons. The van der Waals surface area contributed by atoms with Crippen LogP contribution >= 0.6 is 0 Å². The van der Waals surface area contributed by atoms with Gasteiger partial charge in [0.1, 0.15) is 6.04 Å². The molecule has 0 bridgehead atoms. The number of amides is 3. The van der Waals surface area contributed by atoms with Crippen LogP contribution in [0.15, 0.2) is 30.3 Å². The topological polar surface area (TPSA) is 83.6 Å². The second kappa shape index (κ2) is 9.07. The molecule has 182 valence electrons. The monoisotopic (exact) mass is 484 g/mol. The second-order valence-corrected chi connectivity index (χ2v) is 8.11. The minimum Gasteiger partial charge on any atom is -0.487 e. The Kier molecular flexibility index (Phi) is 6.32. The summed E-state index contributed by atoms with van der Waals surface area (Å²) in [5.74, 6) is -2.78. The predicted octanol–water partition coefficient (Wildman–Crippen LogP) is 3.54. The number of carbonyl (C=O) groups excluding carboxylic acids is 2. The molecule has 12 heteroatoms.